The Bertz CT molecular complexity index is 925. The topological polar surface area (TPSA) is 48.7 Å². The Morgan fingerprint density at radius 3 is 2.79 bits per heavy atom. The molecule has 6 nitrogen and oxygen atoms in total. The van der Waals surface area contributed by atoms with Crippen LogP contribution in [-0.2, 0) is 13.6 Å². The first-order chi connectivity index (χ1) is 13.6. The summed E-state index contributed by atoms with van der Waals surface area (Å²) < 4.78 is 2.19. The molecule has 1 aromatic carbocycles. The predicted octanol–water partition coefficient (Wildman–Crippen LogP) is 3.25. The Morgan fingerprint density at radius 1 is 1.21 bits per heavy atom. The van der Waals surface area contributed by atoms with Crippen molar-refractivity contribution in [3.05, 3.63) is 46.5 Å². The highest BCUT2D eigenvalue weighted by Crippen LogP contribution is 2.40. The maximum absolute atomic E-state index is 6.30. The van der Waals surface area contributed by atoms with Gasteiger partial charge >= 0.3 is 0 Å². The first kappa shape index (κ1) is 18.0. The van der Waals surface area contributed by atoms with Crippen LogP contribution in [0, 0.1) is 6.92 Å². The zero-order valence-electron chi connectivity index (χ0n) is 16.6. The molecule has 4 heterocycles. The third-order valence-corrected chi connectivity index (χ3v) is 6.78. The Morgan fingerprint density at radius 2 is 2.04 bits per heavy atom. The third-order valence-electron chi connectivity index (χ3n) is 6.55. The summed E-state index contributed by atoms with van der Waals surface area (Å²) in [4.78, 5) is 14.4. The lowest BCUT2D eigenvalue weighted by molar-refractivity contribution is 0.0789. The number of anilines is 1. The summed E-state index contributed by atoms with van der Waals surface area (Å²) in [5.74, 6) is 2.22. The van der Waals surface area contributed by atoms with Gasteiger partial charge in [0.2, 0.25) is 0 Å². The molecule has 3 aliphatic rings. The van der Waals surface area contributed by atoms with Gasteiger partial charge in [0.05, 0.1) is 5.69 Å². The predicted molar refractivity (Wildman–Crippen MR) is 113 cm³/mol. The van der Waals surface area contributed by atoms with E-state index < -0.39 is 0 Å². The fourth-order valence-corrected chi connectivity index (χ4v) is 4.96. The molecule has 0 unspecified atom stereocenters. The lowest BCUT2D eigenvalue weighted by Gasteiger charge is -2.54. The van der Waals surface area contributed by atoms with Crippen LogP contribution >= 0.6 is 11.6 Å². The third kappa shape index (κ3) is 2.90. The molecule has 0 aliphatic carbocycles. The molecule has 1 saturated heterocycles. The standard InChI is InChI=1S/C21H27ClN6/c1-15-24-13-17(26(15)2)14-27-10-6-21(7-11-27)25-19-12-16(22)4-5-18(19)20-23-8-3-9-28(20)21/h4-5,12-13,25H,3,6-11,14H2,1-2H3. The molecule has 5 rings (SSSR count). The van der Waals surface area contributed by atoms with Gasteiger partial charge in [-0.15, -0.1) is 0 Å². The minimum atomic E-state index is -0.0597. The van der Waals surface area contributed by atoms with Gasteiger partial charge in [-0.2, -0.15) is 0 Å². The second-order valence-electron chi connectivity index (χ2n) is 8.19. The number of piperidine rings is 1. The van der Waals surface area contributed by atoms with Crippen LogP contribution in [0.3, 0.4) is 0 Å². The monoisotopic (exact) mass is 398 g/mol. The van der Waals surface area contributed by atoms with E-state index in [1.54, 1.807) is 0 Å². The van der Waals surface area contributed by atoms with Gasteiger partial charge in [0, 0.05) is 75.1 Å². The smallest absolute Gasteiger partial charge is 0.134 e. The quantitative estimate of drug-likeness (QED) is 0.843. The summed E-state index contributed by atoms with van der Waals surface area (Å²) in [5, 5.41) is 4.64. The number of fused-ring (bicyclic) bond motifs is 4. The zero-order chi connectivity index (χ0) is 19.3. The zero-order valence-corrected chi connectivity index (χ0v) is 17.3. The van der Waals surface area contributed by atoms with Crippen LogP contribution in [0.4, 0.5) is 5.69 Å². The van der Waals surface area contributed by atoms with E-state index in [0.717, 1.165) is 74.4 Å². The van der Waals surface area contributed by atoms with Crippen molar-refractivity contribution in [3.63, 3.8) is 0 Å². The van der Waals surface area contributed by atoms with Gasteiger partial charge in [-0.25, -0.2) is 4.98 Å². The first-order valence-electron chi connectivity index (χ1n) is 10.2. The second kappa shape index (κ2) is 6.78. The molecule has 0 amide bonds. The van der Waals surface area contributed by atoms with E-state index in [1.165, 1.54) is 11.3 Å². The molecular weight excluding hydrogens is 372 g/mol. The molecule has 1 fully saturated rings. The average molecular weight is 399 g/mol. The van der Waals surface area contributed by atoms with Crippen molar-refractivity contribution >= 4 is 23.1 Å². The molecule has 0 bridgehead atoms. The van der Waals surface area contributed by atoms with E-state index in [2.05, 4.69) is 50.8 Å². The Kier molecular flexibility index (Phi) is 4.36. The fourth-order valence-electron chi connectivity index (χ4n) is 4.79. The van der Waals surface area contributed by atoms with Gasteiger partial charge < -0.3 is 14.8 Å². The number of likely N-dealkylation sites (tertiary alicyclic amines) is 1. The van der Waals surface area contributed by atoms with Gasteiger partial charge in [-0.05, 0) is 31.5 Å². The molecule has 0 saturated carbocycles. The van der Waals surface area contributed by atoms with Gasteiger partial charge in [0.15, 0.2) is 0 Å². The number of benzene rings is 1. The molecule has 2 aromatic rings. The van der Waals surface area contributed by atoms with Gasteiger partial charge in [0.1, 0.15) is 17.3 Å². The van der Waals surface area contributed by atoms with E-state index in [-0.39, 0.29) is 5.66 Å². The summed E-state index contributed by atoms with van der Waals surface area (Å²) in [6.45, 7) is 7.09. The second-order valence-corrected chi connectivity index (χ2v) is 8.63. The van der Waals surface area contributed by atoms with Crippen LogP contribution < -0.4 is 5.32 Å². The number of hydrogen-bond donors (Lipinski definition) is 1. The highest BCUT2D eigenvalue weighted by Gasteiger charge is 2.45. The van der Waals surface area contributed by atoms with E-state index >= 15 is 0 Å². The van der Waals surface area contributed by atoms with Crippen molar-refractivity contribution in [2.24, 2.45) is 12.0 Å². The minimum Gasteiger partial charge on any atom is -0.362 e. The molecule has 1 aromatic heterocycles. The molecule has 0 atom stereocenters. The number of nitrogens with zero attached hydrogens (tertiary/aromatic N) is 5. The number of aliphatic imine (C=N–C) groups is 1. The lowest BCUT2D eigenvalue weighted by Crippen LogP contribution is -2.65. The summed E-state index contributed by atoms with van der Waals surface area (Å²) in [7, 11) is 2.10. The maximum atomic E-state index is 6.30. The molecule has 1 spiro atoms. The lowest BCUT2D eigenvalue weighted by atomic mass is 9.89. The summed E-state index contributed by atoms with van der Waals surface area (Å²) in [5.41, 5.74) is 3.53. The fraction of sp³-hybridized carbons (Fsp3) is 0.524. The molecule has 28 heavy (non-hydrogen) atoms. The number of aryl methyl sites for hydroxylation is 1. The molecule has 148 valence electrons. The number of rotatable bonds is 2. The number of hydrogen-bond acceptors (Lipinski definition) is 5. The van der Waals surface area contributed by atoms with E-state index in [0.29, 0.717) is 0 Å². The summed E-state index contributed by atoms with van der Waals surface area (Å²) in [6, 6.07) is 6.13. The van der Waals surface area contributed by atoms with Crippen LogP contribution in [-0.4, -0.2) is 57.0 Å². The van der Waals surface area contributed by atoms with Crippen molar-refractivity contribution in [2.45, 2.75) is 38.4 Å². The number of aromatic nitrogens is 2. The summed E-state index contributed by atoms with van der Waals surface area (Å²) in [6.07, 6.45) is 5.25. The van der Waals surface area contributed by atoms with Gasteiger partial charge in [0.25, 0.3) is 0 Å². The van der Waals surface area contributed by atoms with Crippen LogP contribution in [0.1, 0.15) is 36.3 Å². The van der Waals surface area contributed by atoms with Crippen molar-refractivity contribution in [2.75, 3.05) is 31.5 Å². The van der Waals surface area contributed by atoms with Gasteiger partial charge in [-0.1, -0.05) is 11.6 Å². The van der Waals surface area contributed by atoms with Crippen LogP contribution in [0.15, 0.2) is 29.4 Å². The SMILES string of the molecule is Cc1ncc(CN2CCC3(CC2)Nc2cc(Cl)ccc2C2=NCCCN23)n1C. The highest BCUT2D eigenvalue weighted by atomic mass is 35.5. The van der Waals surface area contributed by atoms with E-state index in [9.17, 15) is 0 Å². The first-order valence-corrected chi connectivity index (χ1v) is 10.5. The normalized spacial score (nSPS) is 21.1. The molecule has 3 aliphatic heterocycles. The largest absolute Gasteiger partial charge is 0.362 e. The summed E-state index contributed by atoms with van der Waals surface area (Å²) >= 11 is 6.30. The number of amidine groups is 1. The van der Waals surface area contributed by atoms with Crippen LogP contribution in [0.2, 0.25) is 5.02 Å². The Balaban J connectivity index is 1.39. The van der Waals surface area contributed by atoms with Gasteiger partial charge in [-0.3, -0.25) is 9.89 Å². The van der Waals surface area contributed by atoms with Crippen LogP contribution in [0.5, 0.6) is 0 Å². The van der Waals surface area contributed by atoms with Crippen molar-refractivity contribution in [1.29, 1.82) is 0 Å². The maximum Gasteiger partial charge on any atom is 0.134 e. The Labute approximate surface area is 171 Å². The van der Waals surface area contributed by atoms with Crippen LogP contribution in [0.25, 0.3) is 0 Å². The average Bonchev–Trinajstić information content (AvgIpc) is 3.02. The number of halogens is 1. The van der Waals surface area contributed by atoms with E-state index in [4.69, 9.17) is 16.6 Å². The molecule has 0 radical (unpaired) electrons. The molecule has 7 heteroatoms. The molecular formula is C21H27ClN6. The van der Waals surface area contributed by atoms with Crippen molar-refractivity contribution < 1.29 is 0 Å². The highest BCUT2D eigenvalue weighted by molar-refractivity contribution is 6.31. The van der Waals surface area contributed by atoms with E-state index in [1.807, 2.05) is 12.3 Å². The van der Waals surface area contributed by atoms with Crippen molar-refractivity contribution in [3.8, 4) is 0 Å². The number of nitrogens with one attached hydrogen (secondary N) is 1. The Hall–Kier alpha value is -2.05. The van der Waals surface area contributed by atoms with Crippen molar-refractivity contribution in [1.82, 2.24) is 19.4 Å². The molecule has 1 N–H and O–H groups in total. The minimum absolute atomic E-state index is 0.0597. The number of imidazole rings is 1.